The van der Waals surface area contributed by atoms with E-state index in [1.54, 1.807) is 17.0 Å². The van der Waals surface area contributed by atoms with Crippen molar-refractivity contribution in [2.75, 3.05) is 17.6 Å². The number of nitrogens with two attached hydrogens (primary N) is 1. The Labute approximate surface area is 159 Å². The lowest BCUT2D eigenvalue weighted by molar-refractivity contribution is -0.145. The summed E-state index contributed by atoms with van der Waals surface area (Å²) in [5.74, 6) is -1.47. The van der Waals surface area contributed by atoms with Crippen LogP contribution < -0.4 is 11.1 Å². The number of likely N-dealkylation sites (tertiary alicyclic amines) is 1. The molecule has 144 valence electrons. The highest BCUT2D eigenvalue weighted by Crippen LogP contribution is 2.31. The van der Waals surface area contributed by atoms with Crippen molar-refractivity contribution in [1.29, 1.82) is 0 Å². The Bertz CT molecular complexity index is 1030. The molecule has 1 aliphatic rings. The molecule has 1 aromatic carbocycles. The van der Waals surface area contributed by atoms with Gasteiger partial charge in [0.05, 0.1) is 35.0 Å². The third-order valence-electron chi connectivity index (χ3n) is 4.98. The van der Waals surface area contributed by atoms with Gasteiger partial charge in [-0.3, -0.25) is 14.7 Å². The van der Waals surface area contributed by atoms with E-state index in [-0.39, 0.29) is 17.7 Å². The van der Waals surface area contributed by atoms with Crippen LogP contribution in [0.4, 0.5) is 15.9 Å². The fourth-order valence-corrected chi connectivity index (χ4v) is 3.56. The molecule has 1 saturated heterocycles. The molecular weight excluding hydrogens is 363 g/mol. The second kappa shape index (κ2) is 7.26. The third-order valence-corrected chi connectivity index (χ3v) is 4.98. The number of aromatic nitrogens is 3. The number of nitrogens with zero attached hydrogens (tertiary/aromatic N) is 3. The number of carbonyl (C=O) groups is 2. The number of aromatic amines is 1. The lowest BCUT2D eigenvalue weighted by atomic mass is 9.95. The SMILES string of the molecule is Nc1ncc(NC(=O)C(=O)N2CCCCC2c2ccc(F)cc2)c2[nH]ncc12. The summed E-state index contributed by atoms with van der Waals surface area (Å²) in [7, 11) is 0. The molecule has 0 bridgehead atoms. The van der Waals surface area contributed by atoms with E-state index < -0.39 is 11.8 Å². The molecule has 1 unspecified atom stereocenters. The Morgan fingerprint density at radius 1 is 1.21 bits per heavy atom. The maximum absolute atomic E-state index is 13.2. The number of carbonyl (C=O) groups excluding carboxylic acids is 2. The summed E-state index contributed by atoms with van der Waals surface area (Å²) in [4.78, 5) is 31.1. The minimum Gasteiger partial charge on any atom is -0.383 e. The summed E-state index contributed by atoms with van der Waals surface area (Å²) in [6, 6.07) is 5.77. The van der Waals surface area contributed by atoms with Crippen LogP contribution in [-0.2, 0) is 9.59 Å². The van der Waals surface area contributed by atoms with Crippen LogP contribution in [0.15, 0.2) is 36.7 Å². The first-order valence-electron chi connectivity index (χ1n) is 8.99. The minimum atomic E-state index is -0.767. The number of pyridine rings is 1. The molecule has 0 aliphatic carbocycles. The van der Waals surface area contributed by atoms with Gasteiger partial charge in [-0.15, -0.1) is 0 Å². The lowest BCUT2D eigenvalue weighted by Crippen LogP contribution is -2.44. The van der Waals surface area contributed by atoms with Gasteiger partial charge in [0.1, 0.15) is 11.6 Å². The highest BCUT2D eigenvalue weighted by Gasteiger charge is 2.32. The summed E-state index contributed by atoms with van der Waals surface area (Å²) >= 11 is 0. The van der Waals surface area contributed by atoms with Crippen molar-refractivity contribution in [3.05, 3.63) is 48.0 Å². The molecule has 0 saturated carbocycles. The molecule has 1 atom stereocenters. The van der Waals surface area contributed by atoms with Crippen molar-refractivity contribution in [2.45, 2.75) is 25.3 Å². The highest BCUT2D eigenvalue weighted by molar-refractivity contribution is 6.40. The van der Waals surface area contributed by atoms with Gasteiger partial charge >= 0.3 is 11.8 Å². The number of halogens is 1. The number of rotatable bonds is 2. The maximum Gasteiger partial charge on any atom is 0.314 e. The fourth-order valence-electron chi connectivity index (χ4n) is 3.56. The normalized spacial score (nSPS) is 16.9. The van der Waals surface area contributed by atoms with E-state index in [0.717, 1.165) is 24.8 Å². The van der Waals surface area contributed by atoms with Crippen molar-refractivity contribution in [3.63, 3.8) is 0 Å². The number of benzene rings is 1. The van der Waals surface area contributed by atoms with Gasteiger partial charge in [0.15, 0.2) is 0 Å². The highest BCUT2D eigenvalue weighted by atomic mass is 19.1. The van der Waals surface area contributed by atoms with Gasteiger partial charge < -0.3 is 16.0 Å². The average Bonchev–Trinajstić information content (AvgIpc) is 3.21. The summed E-state index contributed by atoms with van der Waals surface area (Å²) in [6.07, 6.45) is 5.35. The van der Waals surface area contributed by atoms with Crippen LogP contribution in [0.25, 0.3) is 10.9 Å². The Hall–Kier alpha value is -3.49. The molecule has 0 spiro atoms. The molecule has 4 rings (SSSR count). The second-order valence-electron chi connectivity index (χ2n) is 6.73. The first kappa shape index (κ1) is 17.9. The van der Waals surface area contributed by atoms with Crippen LogP contribution in [0.1, 0.15) is 30.9 Å². The van der Waals surface area contributed by atoms with Crippen LogP contribution in [0, 0.1) is 5.82 Å². The zero-order chi connectivity index (χ0) is 19.7. The predicted molar refractivity (Wildman–Crippen MR) is 102 cm³/mol. The number of piperidine rings is 1. The van der Waals surface area contributed by atoms with Gasteiger partial charge in [-0.25, -0.2) is 9.37 Å². The minimum absolute atomic E-state index is 0.260. The molecule has 8 nitrogen and oxygen atoms in total. The molecule has 2 amide bonds. The number of hydrogen-bond donors (Lipinski definition) is 3. The second-order valence-corrected chi connectivity index (χ2v) is 6.73. The lowest BCUT2D eigenvalue weighted by Gasteiger charge is -2.35. The van der Waals surface area contributed by atoms with E-state index >= 15 is 0 Å². The van der Waals surface area contributed by atoms with E-state index in [4.69, 9.17) is 5.73 Å². The Balaban J connectivity index is 1.56. The molecule has 1 fully saturated rings. The molecule has 3 heterocycles. The van der Waals surface area contributed by atoms with Crippen LogP contribution in [-0.4, -0.2) is 38.4 Å². The summed E-state index contributed by atoms with van der Waals surface area (Å²) in [5, 5.41) is 9.81. The van der Waals surface area contributed by atoms with E-state index in [1.807, 2.05) is 0 Å². The van der Waals surface area contributed by atoms with E-state index in [2.05, 4.69) is 20.5 Å². The molecule has 28 heavy (non-hydrogen) atoms. The molecule has 3 aromatic rings. The molecule has 4 N–H and O–H groups in total. The van der Waals surface area contributed by atoms with Crippen molar-refractivity contribution in [1.82, 2.24) is 20.1 Å². The van der Waals surface area contributed by atoms with E-state index in [1.165, 1.54) is 24.5 Å². The topological polar surface area (TPSA) is 117 Å². The fraction of sp³-hybridized carbons (Fsp3) is 0.263. The van der Waals surface area contributed by atoms with Crippen LogP contribution in [0.3, 0.4) is 0 Å². The summed E-state index contributed by atoms with van der Waals surface area (Å²) in [6.45, 7) is 0.466. The van der Waals surface area contributed by atoms with E-state index in [0.29, 0.717) is 23.1 Å². The zero-order valence-corrected chi connectivity index (χ0v) is 15.0. The van der Waals surface area contributed by atoms with Gasteiger partial charge in [-0.2, -0.15) is 5.10 Å². The van der Waals surface area contributed by atoms with E-state index in [9.17, 15) is 14.0 Å². The number of amides is 2. The number of hydrogen-bond acceptors (Lipinski definition) is 5. The number of nitrogens with one attached hydrogen (secondary N) is 2. The predicted octanol–water partition coefficient (Wildman–Crippen LogP) is 2.37. The molecule has 2 aromatic heterocycles. The van der Waals surface area contributed by atoms with Gasteiger partial charge in [0.2, 0.25) is 0 Å². The summed E-state index contributed by atoms with van der Waals surface area (Å²) < 4.78 is 13.2. The zero-order valence-electron chi connectivity index (χ0n) is 15.0. The van der Waals surface area contributed by atoms with Gasteiger partial charge in [0, 0.05) is 6.54 Å². The average molecular weight is 382 g/mol. The Morgan fingerprint density at radius 2 is 2.00 bits per heavy atom. The quantitative estimate of drug-likeness (QED) is 0.588. The summed E-state index contributed by atoms with van der Waals surface area (Å²) in [5.41, 5.74) is 7.43. The van der Waals surface area contributed by atoms with Crippen LogP contribution in [0.5, 0.6) is 0 Å². The monoisotopic (exact) mass is 382 g/mol. The smallest absolute Gasteiger partial charge is 0.314 e. The van der Waals surface area contributed by atoms with Crippen LogP contribution >= 0.6 is 0 Å². The Morgan fingerprint density at radius 3 is 2.79 bits per heavy atom. The van der Waals surface area contributed by atoms with Crippen molar-refractivity contribution < 1.29 is 14.0 Å². The number of H-pyrrole nitrogens is 1. The first-order chi connectivity index (χ1) is 13.5. The Kier molecular flexibility index (Phi) is 4.64. The van der Waals surface area contributed by atoms with Gasteiger partial charge in [-0.05, 0) is 37.0 Å². The third kappa shape index (κ3) is 3.26. The standard InChI is InChI=1S/C19H19FN6O2/c20-12-6-4-11(5-7-12)15-3-1-2-8-26(15)19(28)18(27)24-14-10-22-17(21)13-9-23-25-16(13)14/h4-7,9-10,15H,1-3,8H2,(H2,21,22)(H,23,25)(H,24,27). The van der Waals surface area contributed by atoms with Crippen molar-refractivity contribution >= 4 is 34.2 Å². The maximum atomic E-state index is 13.2. The number of fused-ring (bicyclic) bond motifs is 1. The van der Waals surface area contributed by atoms with Gasteiger partial charge in [-0.1, -0.05) is 12.1 Å². The number of nitrogen functional groups attached to an aromatic ring is 1. The first-order valence-corrected chi connectivity index (χ1v) is 8.99. The number of anilines is 2. The largest absolute Gasteiger partial charge is 0.383 e. The van der Waals surface area contributed by atoms with Crippen LogP contribution in [0.2, 0.25) is 0 Å². The molecule has 0 radical (unpaired) electrons. The van der Waals surface area contributed by atoms with Crippen molar-refractivity contribution in [2.24, 2.45) is 0 Å². The molecular formula is C19H19FN6O2. The van der Waals surface area contributed by atoms with Gasteiger partial charge in [0.25, 0.3) is 0 Å². The van der Waals surface area contributed by atoms with Crippen molar-refractivity contribution in [3.8, 4) is 0 Å². The molecule has 1 aliphatic heterocycles. The molecule has 9 heteroatoms.